The summed E-state index contributed by atoms with van der Waals surface area (Å²) in [6, 6.07) is 0.0246. The molecule has 0 radical (unpaired) electrons. The first-order valence-electron chi connectivity index (χ1n) is 6.35. The van der Waals surface area contributed by atoms with Gasteiger partial charge in [0.1, 0.15) is 5.71 Å². The van der Waals surface area contributed by atoms with Crippen molar-refractivity contribution >= 4 is 5.71 Å². The largest absolute Gasteiger partial charge is 0.432 e. The second-order valence-corrected chi connectivity index (χ2v) is 5.08. The molecule has 1 atom stereocenters. The van der Waals surface area contributed by atoms with Gasteiger partial charge in [0.2, 0.25) is 0 Å². The first-order chi connectivity index (χ1) is 8.86. The molecule has 2 nitrogen and oxygen atoms in total. The van der Waals surface area contributed by atoms with Gasteiger partial charge in [0, 0.05) is 11.7 Å². The Morgan fingerprint density at radius 1 is 1.42 bits per heavy atom. The van der Waals surface area contributed by atoms with E-state index >= 15 is 0 Å². The monoisotopic (exact) mass is 270 g/mol. The van der Waals surface area contributed by atoms with Crippen LogP contribution in [0, 0.1) is 11.3 Å². The standard InChI is InChI=1S/C14H17F3N2/c1-9-2-6-11(7-3-9)19-12(10-4-5-10)8-13(18)14(15,16)17/h2-3,6,8,10-11,18-19H,4-5,7H2,1H3/b12-8-,18-13?. The summed E-state index contributed by atoms with van der Waals surface area (Å²) in [6.45, 7) is 1.99. The predicted molar refractivity (Wildman–Crippen MR) is 69.0 cm³/mol. The van der Waals surface area contributed by atoms with Crippen molar-refractivity contribution in [2.24, 2.45) is 5.92 Å². The Morgan fingerprint density at radius 2 is 2.11 bits per heavy atom. The summed E-state index contributed by atoms with van der Waals surface area (Å²) in [6.07, 6.45) is 4.91. The Kier molecular flexibility index (Phi) is 3.83. The highest BCUT2D eigenvalue weighted by atomic mass is 19.4. The molecule has 1 saturated carbocycles. The third-order valence-electron chi connectivity index (χ3n) is 3.26. The summed E-state index contributed by atoms with van der Waals surface area (Å²) in [5, 5.41) is 10.2. The molecular weight excluding hydrogens is 253 g/mol. The lowest BCUT2D eigenvalue weighted by atomic mass is 10.0. The van der Waals surface area contributed by atoms with E-state index in [9.17, 15) is 13.2 Å². The molecule has 0 aliphatic heterocycles. The zero-order valence-electron chi connectivity index (χ0n) is 10.7. The lowest BCUT2D eigenvalue weighted by Gasteiger charge is -2.20. The molecule has 0 amide bonds. The predicted octanol–water partition coefficient (Wildman–Crippen LogP) is 3.73. The number of allylic oxidation sites excluding steroid dienone is 4. The van der Waals surface area contributed by atoms with Gasteiger partial charge in [-0.15, -0.1) is 0 Å². The summed E-state index contributed by atoms with van der Waals surface area (Å²) in [5.41, 5.74) is 0.427. The summed E-state index contributed by atoms with van der Waals surface area (Å²) in [5.74, 6) is 0.156. The van der Waals surface area contributed by atoms with Crippen LogP contribution in [0.2, 0.25) is 0 Å². The van der Waals surface area contributed by atoms with Crippen LogP contribution in [-0.4, -0.2) is 17.9 Å². The molecule has 0 aromatic heterocycles. The van der Waals surface area contributed by atoms with Gasteiger partial charge < -0.3 is 5.32 Å². The molecule has 0 heterocycles. The first kappa shape index (κ1) is 13.9. The van der Waals surface area contributed by atoms with Gasteiger partial charge in [-0.05, 0) is 38.2 Å². The van der Waals surface area contributed by atoms with E-state index in [1.54, 1.807) is 0 Å². The van der Waals surface area contributed by atoms with Crippen LogP contribution >= 0.6 is 0 Å². The quantitative estimate of drug-likeness (QED) is 0.750. The summed E-state index contributed by atoms with van der Waals surface area (Å²) < 4.78 is 37.2. The summed E-state index contributed by atoms with van der Waals surface area (Å²) in [7, 11) is 0. The molecular formula is C14H17F3N2. The van der Waals surface area contributed by atoms with Gasteiger partial charge in [0.25, 0.3) is 0 Å². The molecule has 104 valence electrons. The van der Waals surface area contributed by atoms with Gasteiger partial charge in [-0.1, -0.05) is 23.8 Å². The Hall–Kier alpha value is -1.52. The molecule has 1 unspecified atom stereocenters. The normalized spacial score (nSPS) is 24.1. The van der Waals surface area contributed by atoms with E-state index in [-0.39, 0.29) is 12.0 Å². The fourth-order valence-corrected chi connectivity index (χ4v) is 1.96. The Bertz CT molecular complexity index is 454. The van der Waals surface area contributed by atoms with Gasteiger partial charge in [-0.3, -0.25) is 5.41 Å². The second-order valence-electron chi connectivity index (χ2n) is 5.08. The smallest absolute Gasteiger partial charge is 0.382 e. The maximum Gasteiger partial charge on any atom is 0.432 e. The number of nitrogens with one attached hydrogen (secondary N) is 2. The van der Waals surface area contributed by atoms with E-state index in [4.69, 9.17) is 5.41 Å². The molecule has 2 aliphatic carbocycles. The highest BCUT2D eigenvalue weighted by molar-refractivity contribution is 5.97. The number of alkyl halides is 3. The Labute approximate surface area is 110 Å². The molecule has 2 rings (SSSR count). The summed E-state index contributed by atoms with van der Waals surface area (Å²) in [4.78, 5) is 0. The van der Waals surface area contributed by atoms with Gasteiger partial charge in [0.15, 0.2) is 0 Å². The fraction of sp³-hybridized carbons (Fsp3) is 0.500. The lowest BCUT2D eigenvalue weighted by molar-refractivity contribution is -0.0584. The number of hydrogen-bond donors (Lipinski definition) is 2. The minimum absolute atomic E-state index is 0.0246. The van der Waals surface area contributed by atoms with Crippen LogP contribution < -0.4 is 5.32 Å². The van der Waals surface area contributed by atoms with Crippen LogP contribution in [0.25, 0.3) is 0 Å². The maximum absolute atomic E-state index is 12.4. The molecule has 2 aliphatic rings. The first-order valence-corrected chi connectivity index (χ1v) is 6.35. The van der Waals surface area contributed by atoms with E-state index in [1.807, 2.05) is 19.1 Å². The SMILES string of the molecule is CC1=CCC(N/C(=C\C(=N)C(F)(F)F)C2CC2)C=C1. The average Bonchev–Trinajstić information content (AvgIpc) is 3.13. The van der Waals surface area contributed by atoms with Crippen molar-refractivity contribution in [1.29, 1.82) is 5.41 Å². The van der Waals surface area contributed by atoms with Crippen molar-refractivity contribution in [3.8, 4) is 0 Å². The Balaban J connectivity index is 2.03. The molecule has 19 heavy (non-hydrogen) atoms. The van der Waals surface area contributed by atoms with Gasteiger partial charge in [-0.2, -0.15) is 13.2 Å². The summed E-state index contributed by atoms with van der Waals surface area (Å²) >= 11 is 0. The zero-order valence-corrected chi connectivity index (χ0v) is 10.7. The second kappa shape index (κ2) is 5.23. The minimum Gasteiger partial charge on any atom is -0.382 e. The highest BCUT2D eigenvalue weighted by Gasteiger charge is 2.35. The minimum atomic E-state index is -4.57. The van der Waals surface area contributed by atoms with Gasteiger partial charge >= 0.3 is 6.18 Å². The fourth-order valence-electron chi connectivity index (χ4n) is 1.96. The van der Waals surface area contributed by atoms with Crippen molar-refractivity contribution in [2.45, 2.75) is 38.4 Å². The van der Waals surface area contributed by atoms with Crippen LogP contribution in [0.15, 0.2) is 35.6 Å². The third-order valence-corrected chi connectivity index (χ3v) is 3.26. The van der Waals surface area contributed by atoms with Crippen LogP contribution in [0.1, 0.15) is 26.2 Å². The van der Waals surface area contributed by atoms with Crippen molar-refractivity contribution in [1.82, 2.24) is 5.32 Å². The third kappa shape index (κ3) is 3.98. The van der Waals surface area contributed by atoms with E-state index < -0.39 is 11.9 Å². The topological polar surface area (TPSA) is 35.9 Å². The van der Waals surface area contributed by atoms with Crippen molar-refractivity contribution in [3.63, 3.8) is 0 Å². The number of hydrogen-bond acceptors (Lipinski definition) is 2. The molecule has 5 heteroatoms. The van der Waals surface area contributed by atoms with E-state index in [1.165, 1.54) is 0 Å². The van der Waals surface area contributed by atoms with Crippen LogP contribution in [0.5, 0.6) is 0 Å². The maximum atomic E-state index is 12.4. The van der Waals surface area contributed by atoms with E-state index in [0.29, 0.717) is 5.70 Å². The Morgan fingerprint density at radius 3 is 2.58 bits per heavy atom. The average molecular weight is 270 g/mol. The van der Waals surface area contributed by atoms with Crippen molar-refractivity contribution in [3.05, 3.63) is 35.6 Å². The van der Waals surface area contributed by atoms with Crippen molar-refractivity contribution < 1.29 is 13.2 Å². The molecule has 0 saturated heterocycles. The van der Waals surface area contributed by atoms with Gasteiger partial charge in [0.05, 0.1) is 0 Å². The lowest BCUT2D eigenvalue weighted by Crippen LogP contribution is -2.30. The highest BCUT2D eigenvalue weighted by Crippen LogP contribution is 2.36. The van der Waals surface area contributed by atoms with Crippen molar-refractivity contribution in [2.75, 3.05) is 0 Å². The van der Waals surface area contributed by atoms with Crippen LogP contribution in [0.4, 0.5) is 13.2 Å². The molecule has 0 aromatic rings. The molecule has 0 spiro atoms. The van der Waals surface area contributed by atoms with Gasteiger partial charge in [-0.25, -0.2) is 0 Å². The van der Waals surface area contributed by atoms with Crippen LogP contribution in [-0.2, 0) is 0 Å². The zero-order chi connectivity index (χ0) is 14.0. The number of halogens is 3. The molecule has 0 bridgehead atoms. The molecule has 0 aromatic carbocycles. The molecule has 2 N–H and O–H groups in total. The number of rotatable bonds is 4. The van der Waals surface area contributed by atoms with E-state index in [2.05, 4.69) is 11.4 Å². The molecule has 1 fully saturated rings. The van der Waals surface area contributed by atoms with E-state index in [0.717, 1.165) is 30.9 Å². The van der Waals surface area contributed by atoms with Crippen LogP contribution in [0.3, 0.4) is 0 Å².